The Labute approximate surface area is 162 Å². The topological polar surface area (TPSA) is 62.2 Å². The highest BCUT2D eigenvalue weighted by atomic mass is 32.1. The van der Waals surface area contributed by atoms with Crippen LogP contribution in [0.1, 0.15) is 10.6 Å². The molecule has 0 bridgehead atoms. The predicted octanol–water partition coefficient (Wildman–Crippen LogP) is 2.15. The van der Waals surface area contributed by atoms with E-state index in [1.807, 2.05) is 43.6 Å². The number of thiazole rings is 1. The number of aromatic amines is 1. The molecule has 0 saturated heterocycles. The lowest BCUT2D eigenvalue weighted by molar-refractivity contribution is -0.885. The van der Waals surface area contributed by atoms with E-state index in [1.165, 1.54) is 15.6 Å². The molecule has 6 heteroatoms. The van der Waals surface area contributed by atoms with Gasteiger partial charge in [0.2, 0.25) is 0 Å². The summed E-state index contributed by atoms with van der Waals surface area (Å²) in [5.74, 6) is 0.0773. The smallest absolute Gasteiger partial charge is 0.275 e. The number of nitrogens with one attached hydrogen (secondary N) is 3. The zero-order chi connectivity index (χ0) is 18.6. The van der Waals surface area contributed by atoms with Gasteiger partial charge in [0, 0.05) is 23.6 Å². The minimum atomic E-state index is 0.0773. The highest BCUT2D eigenvalue weighted by Gasteiger charge is 2.13. The highest BCUT2D eigenvalue weighted by molar-refractivity contribution is 7.18. The van der Waals surface area contributed by atoms with Gasteiger partial charge in [-0.25, -0.2) is 4.98 Å². The summed E-state index contributed by atoms with van der Waals surface area (Å²) >= 11 is 1.70. The van der Waals surface area contributed by atoms with Gasteiger partial charge in [-0.15, -0.1) is 11.3 Å². The molecule has 0 aliphatic carbocycles. The molecule has 5 nitrogen and oxygen atoms in total. The molecule has 0 aliphatic heterocycles. The van der Waals surface area contributed by atoms with Crippen LogP contribution in [-0.4, -0.2) is 36.0 Å². The summed E-state index contributed by atoms with van der Waals surface area (Å²) in [6.07, 6.45) is 2.86. The third-order valence-corrected chi connectivity index (χ3v) is 5.68. The van der Waals surface area contributed by atoms with E-state index in [4.69, 9.17) is 0 Å². The normalized spacial score (nSPS) is 12.5. The third-order valence-electron chi connectivity index (χ3n) is 4.64. The summed E-state index contributed by atoms with van der Waals surface area (Å²) in [5.41, 5.74) is 3.41. The minimum Gasteiger partial charge on any atom is -0.361 e. The van der Waals surface area contributed by atoms with Crippen LogP contribution in [0.3, 0.4) is 0 Å². The SMILES string of the molecule is C[NH+](CC(=O)NCCc1c[nH]c2ccccc12)Cc1nc2ccccc2s1. The number of fused-ring (bicyclic) bond motifs is 2. The number of carbonyl (C=O) groups excluding carboxylic acids is 1. The first-order valence-corrected chi connectivity index (χ1v) is 9.98. The Morgan fingerprint density at radius 2 is 2.00 bits per heavy atom. The number of likely N-dealkylation sites (N-methyl/N-ethyl adjacent to an activating group) is 1. The predicted molar refractivity (Wildman–Crippen MR) is 110 cm³/mol. The number of nitrogens with zero attached hydrogens (tertiary/aromatic N) is 1. The van der Waals surface area contributed by atoms with Crippen LogP contribution in [0.4, 0.5) is 0 Å². The summed E-state index contributed by atoms with van der Waals surface area (Å²) in [6.45, 7) is 1.86. The number of H-pyrrole nitrogens is 1. The molecule has 138 valence electrons. The standard InChI is InChI=1S/C21H22N4OS/c1-25(14-21-24-18-8-4-5-9-19(18)27-21)13-20(26)22-11-10-15-12-23-17-7-3-2-6-16(15)17/h2-9,12,23H,10-11,13-14H2,1H3,(H,22,26)/p+1. The average molecular weight is 380 g/mol. The second-order valence-corrected chi connectivity index (χ2v) is 7.96. The number of amides is 1. The Morgan fingerprint density at radius 3 is 2.89 bits per heavy atom. The number of quaternary nitrogens is 1. The Morgan fingerprint density at radius 1 is 1.19 bits per heavy atom. The zero-order valence-electron chi connectivity index (χ0n) is 15.3. The van der Waals surface area contributed by atoms with Crippen molar-refractivity contribution >= 4 is 38.4 Å². The van der Waals surface area contributed by atoms with Gasteiger partial charge in [-0.1, -0.05) is 30.3 Å². The van der Waals surface area contributed by atoms with Crippen molar-refractivity contribution in [1.82, 2.24) is 15.3 Å². The summed E-state index contributed by atoms with van der Waals surface area (Å²) in [6, 6.07) is 16.4. The van der Waals surface area contributed by atoms with Gasteiger partial charge in [-0.2, -0.15) is 0 Å². The van der Waals surface area contributed by atoms with Crippen LogP contribution in [0.25, 0.3) is 21.1 Å². The van der Waals surface area contributed by atoms with Crippen LogP contribution in [0, 0.1) is 0 Å². The molecule has 1 atom stereocenters. The number of benzene rings is 2. The van der Waals surface area contributed by atoms with Crippen molar-refractivity contribution in [3.05, 3.63) is 65.3 Å². The van der Waals surface area contributed by atoms with Crippen LogP contribution >= 0.6 is 11.3 Å². The van der Waals surface area contributed by atoms with Gasteiger partial charge in [0.05, 0.1) is 17.3 Å². The molecular weight excluding hydrogens is 356 g/mol. The van der Waals surface area contributed by atoms with Crippen molar-refractivity contribution in [2.24, 2.45) is 0 Å². The molecule has 2 aromatic carbocycles. The zero-order valence-corrected chi connectivity index (χ0v) is 16.1. The van der Waals surface area contributed by atoms with Gasteiger partial charge in [0.15, 0.2) is 6.54 Å². The summed E-state index contributed by atoms with van der Waals surface area (Å²) in [5, 5.41) is 5.34. The van der Waals surface area contributed by atoms with Gasteiger partial charge in [0.25, 0.3) is 5.91 Å². The largest absolute Gasteiger partial charge is 0.361 e. The Bertz CT molecular complexity index is 1040. The van der Waals surface area contributed by atoms with E-state index in [0.29, 0.717) is 13.1 Å². The molecule has 2 aromatic heterocycles. The summed E-state index contributed by atoms with van der Waals surface area (Å²) in [7, 11) is 2.03. The maximum atomic E-state index is 12.3. The van der Waals surface area contributed by atoms with Crippen molar-refractivity contribution in [3.8, 4) is 0 Å². The minimum absolute atomic E-state index is 0.0773. The van der Waals surface area contributed by atoms with Crippen molar-refractivity contribution in [2.75, 3.05) is 20.1 Å². The van der Waals surface area contributed by atoms with Gasteiger partial charge >= 0.3 is 0 Å². The number of para-hydroxylation sites is 2. The molecule has 0 aliphatic rings. The number of hydrogen-bond donors (Lipinski definition) is 3. The van der Waals surface area contributed by atoms with E-state index < -0.39 is 0 Å². The quantitative estimate of drug-likeness (QED) is 0.461. The first-order chi connectivity index (χ1) is 13.2. The molecule has 1 unspecified atom stereocenters. The molecule has 27 heavy (non-hydrogen) atoms. The van der Waals surface area contributed by atoms with Crippen molar-refractivity contribution in [2.45, 2.75) is 13.0 Å². The molecule has 3 N–H and O–H groups in total. The first kappa shape index (κ1) is 17.7. The Hall–Kier alpha value is -2.70. The molecule has 0 fully saturated rings. The Balaban J connectivity index is 1.26. The number of hydrogen-bond acceptors (Lipinski definition) is 3. The molecular formula is C21H23N4OS+. The maximum absolute atomic E-state index is 12.3. The summed E-state index contributed by atoms with van der Waals surface area (Å²) < 4.78 is 1.20. The van der Waals surface area contributed by atoms with E-state index in [1.54, 1.807) is 11.3 Å². The second kappa shape index (κ2) is 7.90. The number of aromatic nitrogens is 2. The third kappa shape index (κ3) is 4.18. The van der Waals surface area contributed by atoms with E-state index in [9.17, 15) is 4.79 Å². The van der Waals surface area contributed by atoms with Crippen LogP contribution in [-0.2, 0) is 17.8 Å². The lowest BCUT2D eigenvalue weighted by atomic mass is 10.1. The van der Waals surface area contributed by atoms with Gasteiger partial charge in [-0.3, -0.25) is 4.79 Å². The molecule has 0 spiro atoms. The molecule has 1 amide bonds. The van der Waals surface area contributed by atoms with Gasteiger partial charge < -0.3 is 15.2 Å². The second-order valence-electron chi connectivity index (χ2n) is 6.85. The molecule has 4 aromatic rings. The lowest BCUT2D eigenvalue weighted by Gasteiger charge is -2.12. The maximum Gasteiger partial charge on any atom is 0.275 e. The first-order valence-electron chi connectivity index (χ1n) is 9.16. The fourth-order valence-corrected chi connectivity index (χ4v) is 4.41. The van der Waals surface area contributed by atoms with Crippen LogP contribution in [0.15, 0.2) is 54.7 Å². The number of rotatable bonds is 7. The van der Waals surface area contributed by atoms with E-state index in [0.717, 1.165) is 33.9 Å². The molecule has 0 radical (unpaired) electrons. The van der Waals surface area contributed by atoms with E-state index in [2.05, 4.69) is 33.5 Å². The van der Waals surface area contributed by atoms with Gasteiger partial charge in [-0.05, 0) is 30.2 Å². The summed E-state index contributed by atoms with van der Waals surface area (Å²) in [4.78, 5) is 21.3. The van der Waals surface area contributed by atoms with E-state index >= 15 is 0 Å². The number of carbonyl (C=O) groups is 1. The van der Waals surface area contributed by atoms with Crippen LogP contribution < -0.4 is 10.2 Å². The van der Waals surface area contributed by atoms with Crippen LogP contribution in [0.5, 0.6) is 0 Å². The van der Waals surface area contributed by atoms with Crippen molar-refractivity contribution < 1.29 is 9.69 Å². The lowest BCUT2D eigenvalue weighted by Crippen LogP contribution is -3.08. The monoisotopic (exact) mass is 379 g/mol. The van der Waals surface area contributed by atoms with Crippen molar-refractivity contribution in [3.63, 3.8) is 0 Å². The average Bonchev–Trinajstić information content (AvgIpc) is 3.25. The fraction of sp³-hybridized carbons (Fsp3) is 0.238. The Kier molecular flexibility index (Phi) is 5.18. The van der Waals surface area contributed by atoms with Crippen LogP contribution in [0.2, 0.25) is 0 Å². The molecule has 4 rings (SSSR count). The fourth-order valence-electron chi connectivity index (χ4n) is 3.33. The molecule has 0 saturated carbocycles. The van der Waals surface area contributed by atoms with Crippen molar-refractivity contribution in [1.29, 1.82) is 0 Å². The molecule has 2 heterocycles. The highest BCUT2D eigenvalue weighted by Crippen LogP contribution is 2.20. The van der Waals surface area contributed by atoms with Gasteiger partial charge in [0.1, 0.15) is 11.6 Å². The van der Waals surface area contributed by atoms with E-state index in [-0.39, 0.29) is 5.91 Å².